The fraction of sp³-hybridized carbons (Fsp3) is 0.632. The minimum atomic E-state index is 0.137. The molecule has 2 bridgehead atoms. The predicted octanol–water partition coefficient (Wildman–Crippen LogP) is 2.43. The largest absolute Gasteiger partial charge is 0.383 e. The highest BCUT2D eigenvalue weighted by molar-refractivity contribution is 5.93. The van der Waals surface area contributed by atoms with Gasteiger partial charge in [0, 0.05) is 51.4 Å². The molecule has 3 aliphatic rings. The molecule has 0 aliphatic carbocycles. The number of fused-ring (bicyclic) bond motifs is 4. The zero-order valence-electron chi connectivity index (χ0n) is 14.3. The maximum atomic E-state index is 11.4. The number of ether oxygens (including phenoxy) is 1. The first-order valence-corrected chi connectivity index (χ1v) is 8.71. The highest BCUT2D eigenvalue weighted by atomic mass is 16.5. The number of methoxy groups -OCH3 is 1. The Morgan fingerprint density at radius 2 is 1.96 bits per heavy atom. The van der Waals surface area contributed by atoms with Gasteiger partial charge >= 0.3 is 0 Å². The van der Waals surface area contributed by atoms with Gasteiger partial charge in [-0.3, -0.25) is 14.6 Å². The van der Waals surface area contributed by atoms with Crippen molar-refractivity contribution in [2.24, 2.45) is 5.92 Å². The summed E-state index contributed by atoms with van der Waals surface area (Å²) < 4.78 is 5.26. The second-order valence-electron chi connectivity index (χ2n) is 7.03. The van der Waals surface area contributed by atoms with Gasteiger partial charge in [0.25, 0.3) is 0 Å². The first kappa shape index (κ1) is 16.6. The second-order valence-corrected chi connectivity index (χ2v) is 7.03. The molecule has 0 unspecified atom stereocenters. The van der Waals surface area contributed by atoms with E-state index in [9.17, 15) is 4.79 Å². The van der Waals surface area contributed by atoms with Crippen molar-refractivity contribution in [2.45, 2.75) is 32.4 Å². The van der Waals surface area contributed by atoms with Gasteiger partial charge in [0.05, 0.1) is 6.61 Å². The molecule has 3 heterocycles. The van der Waals surface area contributed by atoms with Gasteiger partial charge in [-0.15, -0.1) is 0 Å². The van der Waals surface area contributed by atoms with Gasteiger partial charge in [-0.1, -0.05) is 24.3 Å². The smallest absolute Gasteiger partial charge is 0.159 e. The van der Waals surface area contributed by atoms with Crippen molar-refractivity contribution >= 4 is 5.78 Å². The summed E-state index contributed by atoms with van der Waals surface area (Å²) in [6.07, 6.45) is 2.67. The summed E-state index contributed by atoms with van der Waals surface area (Å²) >= 11 is 0. The van der Waals surface area contributed by atoms with Crippen molar-refractivity contribution < 1.29 is 9.53 Å². The van der Waals surface area contributed by atoms with E-state index in [4.69, 9.17) is 4.74 Å². The van der Waals surface area contributed by atoms with Crippen LogP contribution in [0.15, 0.2) is 24.3 Å². The number of piperidine rings is 1. The van der Waals surface area contributed by atoms with E-state index < -0.39 is 0 Å². The van der Waals surface area contributed by atoms with E-state index in [1.165, 1.54) is 31.5 Å². The molecular weight excluding hydrogens is 288 g/mol. The Morgan fingerprint density at radius 1 is 1.17 bits per heavy atom. The Labute approximate surface area is 139 Å². The topological polar surface area (TPSA) is 32.8 Å². The lowest BCUT2D eigenvalue weighted by molar-refractivity contribution is 0.0867. The van der Waals surface area contributed by atoms with E-state index in [-0.39, 0.29) is 5.78 Å². The lowest BCUT2D eigenvalue weighted by Crippen LogP contribution is -2.45. The first-order chi connectivity index (χ1) is 11.2. The fourth-order valence-electron chi connectivity index (χ4n) is 3.99. The molecule has 4 heteroatoms. The quantitative estimate of drug-likeness (QED) is 0.755. The van der Waals surface area contributed by atoms with Crippen LogP contribution in [0.1, 0.15) is 35.7 Å². The summed E-state index contributed by atoms with van der Waals surface area (Å²) in [6.45, 7) is 8.05. The maximum absolute atomic E-state index is 11.4. The first-order valence-electron chi connectivity index (χ1n) is 8.71. The minimum Gasteiger partial charge on any atom is -0.383 e. The molecule has 0 saturated carbocycles. The molecule has 1 aromatic carbocycles. The molecule has 1 aromatic rings. The number of hydrogen-bond donors (Lipinski definition) is 0. The van der Waals surface area contributed by atoms with E-state index in [1.54, 1.807) is 14.0 Å². The normalized spacial score (nSPS) is 25.5. The van der Waals surface area contributed by atoms with E-state index in [0.717, 1.165) is 37.7 Å². The predicted molar refractivity (Wildman–Crippen MR) is 91.7 cm³/mol. The third-order valence-corrected chi connectivity index (χ3v) is 5.25. The number of benzene rings is 1. The van der Waals surface area contributed by atoms with Crippen molar-refractivity contribution in [2.75, 3.05) is 39.9 Å². The third kappa shape index (κ3) is 4.19. The summed E-state index contributed by atoms with van der Waals surface area (Å²) in [6, 6.07) is 8.78. The van der Waals surface area contributed by atoms with Crippen molar-refractivity contribution in [3.63, 3.8) is 0 Å². The van der Waals surface area contributed by atoms with Crippen LogP contribution >= 0.6 is 0 Å². The van der Waals surface area contributed by atoms with Crippen LogP contribution in [-0.4, -0.2) is 61.5 Å². The van der Waals surface area contributed by atoms with E-state index in [2.05, 4.69) is 21.9 Å². The molecule has 23 heavy (non-hydrogen) atoms. The standard InChI is InChI=1S/C19H28N2O2/c1-15(22)18-6-3-16(4-7-18)11-20-12-17-5-8-19(14-20)21(13-17)9-10-23-2/h3-4,6-7,17,19H,5,8-14H2,1-2H3/t17-,19+/m1/s1. The average molecular weight is 316 g/mol. The van der Waals surface area contributed by atoms with Crippen LogP contribution in [0, 0.1) is 5.92 Å². The zero-order valence-corrected chi connectivity index (χ0v) is 14.3. The van der Waals surface area contributed by atoms with E-state index in [1.807, 2.05) is 12.1 Å². The van der Waals surface area contributed by atoms with Gasteiger partial charge < -0.3 is 4.74 Å². The Kier molecular flexibility index (Phi) is 5.46. The average Bonchev–Trinajstić information content (AvgIpc) is 2.83. The molecule has 2 atom stereocenters. The van der Waals surface area contributed by atoms with E-state index in [0.29, 0.717) is 6.04 Å². The molecule has 0 amide bonds. The van der Waals surface area contributed by atoms with Crippen LogP contribution in [0.4, 0.5) is 0 Å². The molecule has 126 valence electrons. The Balaban J connectivity index is 1.62. The molecule has 0 spiro atoms. The van der Waals surface area contributed by atoms with Crippen LogP contribution in [0.2, 0.25) is 0 Å². The van der Waals surface area contributed by atoms with Crippen molar-refractivity contribution in [1.82, 2.24) is 9.80 Å². The van der Waals surface area contributed by atoms with Crippen LogP contribution in [0.3, 0.4) is 0 Å². The van der Waals surface area contributed by atoms with Crippen molar-refractivity contribution in [3.05, 3.63) is 35.4 Å². The fourth-order valence-corrected chi connectivity index (χ4v) is 3.99. The summed E-state index contributed by atoms with van der Waals surface area (Å²) in [7, 11) is 1.78. The zero-order chi connectivity index (χ0) is 16.2. The van der Waals surface area contributed by atoms with Crippen LogP contribution in [0.25, 0.3) is 0 Å². The van der Waals surface area contributed by atoms with Crippen LogP contribution in [0.5, 0.6) is 0 Å². The summed E-state index contributed by atoms with van der Waals surface area (Å²) in [5.41, 5.74) is 2.11. The molecule has 0 radical (unpaired) electrons. The van der Waals surface area contributed by atoms with Gasteiger partial charge in [0.2, 0.25) is 0 Å². The van der Waals surface area contributed by atoms with E-state index >= 15 is 0 Å². The summed E-state index contributed by atoms with van der Waals surface area (Å²) in [5.74, 6) is 0.917. The lowest BCUT2D eigenvalue weighted by Gasteiger charge is -2.35. The molecule has 4 rings (SSSR count). The number of hydrogen-bond acceptors (Lipinski definition) is 4. The number of ketones is 1. The monoisotopic (exact) mass is 316 g/mol. The van der Waals surface area contributed by atoms with Gasteiger partial charge in [0.1, 0.15) is 0 Å². The minimum absolute atomic E-state index is 0.137. The lowest BCUT2D eigenvalue weighted by atomic mass is 9.95. The number of nitrogens with zero attached hydrogens (tertiary/aromatic N) is 2. The third-order valence-electron chi connectivity index (χ3n) is 5.25. The molecule has 0 aromatic heterocycles. The molecule has 3 fully saturated rings. The Morgan fingerprint density at radius 3 is 2.65 bits per heavy atom. The Hall–Kier alpha value is -1.23. The molecular formula is C19H28N2O2. The van der Waals surface area contributed by atoms with Crippen molar-refractivity contribution in [3.8, 4) is 0 Å². The van der Waals surface area contributed by atoms with Gasteiger partial charge in [-0.05, 0) is 31.2 Å². The highest BCUT2D eigenvalue weighted by Crippen LogP contribution is 2.28. The van der Waals surface area contributed by atoms with Gasteiger partial charge in [-0.25, -0.2) is 0 Å². The highest BCUT2D eigenvalue weighted by Gasteiger charge is 2.34. The SMILES string of the molecule is COCCN1C[C@@H]2CC[C@H]1CN(Cc1ccc(C(C)=O)cc1)C2. The van der Waals surface area contributed by atoms with Crippen molar-refractivity contribution in [1.29, 1.82) is 0 Å². The molecule has 0 N–H and O–H groups in total. The number of carbonyl (C=O) groups is 1. The summed E-state index contributed by atoms with van der Waals surface area (Å²) in [5, 5.41) is 0. The van der Waals surface area contributed by atoms with Gasteiger partial charge in [-0.2, -0.15) is 0 Å². The molecule has 3 saturated heterocycles. The Bertz CT molecular complexity index is 529. The van der Waals surface area contributed by atoms with Crippen LogP contribution < -0.4 is 0 Å². The van der Waals surface area contributed by atoms with Gasteiger partial charge in [0.15, 0.2) is 5.78 Å². The number of carbonyl (C=O) groups excluding carboxylic acids is 1. The number of Topliss-reactive ketones (excluding diaryl/α,β-unsaturated/α-hetero) is 1. The molecule has 3 aliphatic heterocycles. The van der Waals surface area contributed by atoms with Crippen LogP contribution in [-0.2, 0) is 11.3 Å². The molecule has 4 nitrogen and oxygen atoms in total. The maximum Gasteiger partial charge on any atom is 0.159 e. The second kappa shape index (κ2) is 7.56. The summed E-state index contributed by atoms with van der Waals surface area (Å²) in [4.78, 5) is 16.6. The number of rotatable bonds is 6.